The highest BCUT2D eigenvalue weighted by atomic mass is 32.1. The zero-order valence-electron chi connectivity index (χ0n) is 8.03. The Morgan fingerprint density at radius 3 is 3.00 bits per heavy atom. The summed E-state index contributed by atoms with van der Waals surface area (Å²) >= 11 is 1.77. The summed E-state index contributed by atoms with van der Waals surface area (Å²) in [5, 5.41) is 2.17. The first kappa shape index (κ1) is 9.21. The van der Waals surface area contributed by atoms with Crippen LogP contribution in [0.25, 0.3) is 0 Å². The van der Waals surface area contributed by atoms with Crippen molar-refractivity contribution >= 4 is 17.0 Å². The van der Waals surface area contributed by atoms with Crippen LogP contribution in [0.15, 0.2) is 29.9 Å². The fourth-order valence-corrected chi connectivity index (χ4v) is 2.10. The molecule has 0 aliphatic rings. The van der Waals surface area contributed by atoms with E-state index in [0.717, 1.165) is 17.7 Å². The summed E-state index contributed by atoms with van der Waals surface area (Å²) in [5.74, 6) is 0. The molecule has 0 saturated carbocycles. The third-order valence-electron chi connectivity index (χ3n) is 2.12. The highest BCUT2D eigenvalue weighted by Gasteiger charge is 2.01. The molecule has 14 heavy (non-hydrogen) atoms. The van der Waals surface area contributed by atoms with E-state index in [1.54, 1.807) is 17.5 Å². The largest absolute Gasteiger partial charge is 0.398 e. The molecular weight excluding hydrogens is 192 g/mol. The van der Waals surface area contributed by atoms with Crippen molar-refractivity contribution in [2.24, 2.45) is 0 Å². The summed E-state index contributed by atoms with van der Waals surface area (Å²) in [6.07, 6.45) is 4.43. The van der Waals surface area contributed by atoms with Gasteiger partial charge in [0.2, 0.25) is 0 Å². The van der Waals surface area contributed by atoms with Crippen molar-refractivity contribution in [2.45, 2.75) is 13.3 Å². The Labute approximate surface area is 87.4 Å². The van der Waals surface area contributed by atoms with Gasteiger partial charge in [-0.3, -0.25) is 4.98 Å². The third kappa shape index (κ3) is 1.93. The molecule has 0 amide bonds. The van der Waals surface area contributed by atoms with Crippen LogP contribution >= 0.6 is 11.3 Å². The second-order valence-electron chi connectivity index (χ2n) is 3.32. The normalized spacial score (nSPS) is 10.4. The number of nitrogens with zero attached hydrogens (tertiary/aromatic N) is 1. The Kier molecular flexibility index (Phi) is 2.50. The van der Waals surface area contributed by atoms with E-state index < -0.39 is 0 Å². The number of anilines is 1. The van der Waals surface area contributed by atoms with Crippen molar-refractivity contribution in [2.75, 3.05) is 5.73 Å². The van der Waals surface area contributed by atoms with Crippen LogP contribution in [0.3, 0.4) is 0 Å². The first-order valence-corrected chi connectivity index (χ1v) is 5.36. The first-order chi connectivity index (χ1) is 6.75. The lowest BCUT2D eigenvalue weighted by atomic mass is 10.1. The molecule has 2 nitrogen and oxygen atoms in total. The molecule has 0 aliphatic carbocycles. The zero-order chi connectivity index (χ0) is 9.97. The second-order valence-corrected chi connectivity index (χ2v) is 4.43. The lowest BCUT2D eigenvalue weighted by Gasteiger charge is -2.01. The first-order valence-electron chi connectivity index (χ1n) is 4.48. The van der Waals surface area contributed by atoms with Gasteiger partial charge < -0.3 is 5.73 Å². The van der Waals surface area contributed by atoms with E-state index in [0.29, 0.717) is 0 Å². The number of hydrogen-bond donors (Lipinski definition) is 1. The molecule has 0 atom stereocenters. The summed E-state index contributed by atoms with van der Waals surface area (Å²) in [7, 11) is 0. The SMILES string of the molecule is Cc1cc(Cc2cnccc2N)cs1. The van der Waals surface area contributed by atoms with Crippen molar-refractivity contribution < 1.29 is 0 Å². The van der Waals surface area contributed by atoms with Gasteiger partial charge in [0.15, 0.2) is 0 Å². The van der Waals surface area contributed by atoms with Crippen molar-refractivity contribution in [1.29, 1.82) is 0 Å². The highest BCUT2D eigenvalue weighted by Crippen LogP contribution is 2.19. The van der Waals surface area contributed by atoms with Crippen LogP contribution in [0.5, 0.6) is 0 Å². The average molecular weight is 204 g/mol. The number of pyridine rings is 1. The quantitative estimate of drug-likeness (QED) is 0.816. The fraction of sp³-hybridized carbons (Fsp3) is 0.182. The summed E-state index contributed by atoms with van der Waals surface area (Å²) in [5.41, 5.74) is 9.08. The molecule has 72 valence electrons. The van der Waals surface area contributed by atoms with Crippen LogP contribution in [0.2, 0.25) is 0 Å². The molecule has 0 saturated heterocycles. The highest BCUT2D eigenvalue weighted by molar-refractivity contribution is 7.10. The Morgan fingerprint density at radius 2 is 2.36 bits per heavy atom. The van der Waals surface area contributed by atoms with Gasteiger partial charge in [-0.1, -0.05) is 0 Å². The van der Waals surface area contributed by atoms with Gasteiger partial charge in [-0.15, -0.1) is 11.3 Å². The van der Waals surface area contributed by atoms with Crippen LogP contribution in [0, 0.1) is 6.92 Å². The second kappa shape index (κ2) is 3.80. The number of rotatable bonds is 2. The minimum absolute atomic E-state index is 0.823. The minimum Gasteiger partial charge on any atom is -0.398 e. The maximum Gasteiger partial charge on any atom is 0.0380 e. The van der Waals surface area contributed by atoms with Gasteiger partial charge in [0.05, 0.1) is 0 Å². The summed E-state index contributed by atoms with van der Waals surface area (Å²) in [6.45, 7) is 2.11. The number of aryl methyl sites for hydroxylation is 1. The van der Waals surface area contributed by atoms with E-state index in [-0.39, 0.29) is 0 Å². The van der Waals surface area contributed by atoms with Crippen LogP contribution in [-0.4, -0.2) is 4.98 Å². The van der Waals surface area contributed by atoms with Crippen molar-refractivity contribution in [3.05, 3.63) is 45.9 Å². The Balaban J connectivity index is 2.23. The molecule has 0 aromatic carbocycles. The monoisotopic (exact) mass is 204 g/mol. The minimum atomic E-state index is 0.823. The van der Waals surface area contributed by atoms with E-state index in [9.17, 15) is 0 Å². The van der Waals surface area contributed by atoms with Crippen LogP contribution in [0.4, 0.5) is 5.69 Å². The van der Waals surface area contributed by atoms with Gasteiger partial charge >= 0.3 is 0 Å². The van der Waals surface area contributed by atoms with E-state index >= 15 is 0 Å². The smallest absolute Gasteiger partial charge is 0.0380 e. The predicted molar refractivity (Wildman–Crippen MR) is 60.5 cm³/mol. The van der Waals surface area contributed by atoms with E-state index in [2.05, 4.69) is 23.4 Å². The Hall–Kier alpha value is -1.35. The Bertz CT molecular complexity index is 434. The number of nitrogen functional groups attached to an aromatic ring is 1. The standard InChI is InChI=1S/C11H12N2S/c1-8-4-9(7-14-8)5-10-6-13-3-2-11(10)12/h2-4,6-7H,5H2,1H3,(H2,12,13). The lowest BCUT2D eigenvalue weighted by molar-refractivity contribution is 1.16. The van der Waals surface area contributed by atoms with Gasteiger partial charge in [0.1, 0.15) is 0 Å². The van der Waals surface area contributed by atoms with E-state index in [1.807, 2.05) is 12.3 Å². The molecule has 0 bridgehead atoms. The topological polar surface area (TPSA) is 38.9 Å². The molecular formula is C11H12N2S. The Morgan fingerprint density at radius 1 is 1.50 bits per heavy atom. The predicted octanol–water partition coefficient (Wildman–Crippen LogP) is 2.62. The molecule has 2 heterocycles. The van der Waals surface area contributed by atoms with Gasteiger partial charge in [-0.05, 0) is 35.6 Å². The van der Waals surface area contributed by atoms with Gasteiger partial charge in [-0.2, -0.15) is 0 Å². The molecule has 0 fully saturated rings. The lowest BCUT2D eigenvalue weighted by Crippen LogP contribution is -1.95. The third-order valence-corrected chi connectivity index (χ3v) is 3.03. The molecule has 2 aromatic heterocycles. The number of thiophene rings is 1. The summed E-state index contributed by atoms with van der Waals surface area (Å²) in [4.78, 5) is 5.41. The number of nitrogens with two attached hydrogens (primary N) is 1. The molecule has 2 aromatic rings. The number of hydrogen-bond acceptors (Lipinski definition) is 3. The van der Waals surface area contributed by atoms with Crippen LogP contribution < -0.4 is 5.73 Å². The molecule has 0 spiro atoms. The average Bonchev–Trinajstić information content (AvgIpc) is 2.56. The molecule has 2 rings (SSSR count). The van der Waals surface area contributed by atoms with Gasteiger partial charge in [-0.25, -0.2) is 0 Å². The summed E-state index contributed by atoms with van der Waals surface area (Å²) < 4.78 is 0. The van der Waals surface area contributed by atoms with Gasteiger partial charge in [0, 0.05) is 29.4 Å². The van der Waals surface area contributed by atoms with Gasteiger partial charge in [0.25, 0.3) is 0 Å². The van der Waals surface area contributed by atoms with Crippen LogP contribution in [0.1, 0.15) is 16.0 Å². The molecule has 3 heteroatoms. The van der Waals surface area contributed by atoms with Crippen molar-refractivity contribution in [3.63, 3.8) is 0 Å². The fourth-order valence-electron chi connectivity index (χ4n) is 1.40. The van der Waals surface area contributed by atoms with Crippen molar-refractivity contribution in [3.8, 4) is 0 Å². The van der Waals surface area contributed by atoms with E-state index in [1.165, 1.54) is 10.4 Å². The molecule has 0 radical (unpaired) electrons. The maximum atomic E-state index is 5.84. The van der Waals surface area contributed by atoms with E-state index in [4.69, 9.17) is 5.73 Å². The van der Waals surface area contributed by atoms with Crippen molar-refractivity contribution in [1.82, 2.24) is 4.98 Å². The molecule has 2 N–H and O–H groups in total. The number of aromatic nitrogens is 1. The molecule has 0 aliphatic heterocycles. The maximum absolute atomic E-state index is 5.84. The molecule has 0 unspecified atom stereocenters. The van der Waals surface area contributed by atoms with Crippen LogP contribution in [-0.2, 0) is 6.42 Å². The summed E-state index contributed by atoms with van der Waals surface area (Å²) in [6, 6.07) is 4.03. The zero-order valence-corrected chi connectivity index (χ0v) is 8.84.